The lowest BCUT2D eigenvalue weighted by Gasteiger charge is -2.11. The molecule has 1 unspecified atom stereocenters. The first-order valence-corrected chi connectivity index (χ1v) is 3.63. The highest BCUT2D eigenvalue weighted by Gasteiger charge is 2.23. The fourth-order valence-electron chi connectivity index (χ4n) is 0.821. The molecule has 0 aromatic rings. The number of hydrogen-bond acceptors (Lipinski definition) is 3. The van der Waals surface area contributed by atoms with Crippen LogP contribution in [0.3, 0.4) is 0 Å². The fourth-order valence-corrected chi connectivity index (χ4v) is 0.821. The van der Waals surface area contributed by atoms with Crippen molar-refractivity contribution in [1.82, 2.24) is 0 Å². The Bertz CT molecular complexity index is 248. The predicted octanol–water partition coefficient (Wildman–Crippen LogP) is -0.0657. The molecule has 0 amide bonds. The Balaban J connectivity index is 0. The Labute approximate surface area is 87.7 Å². The van der Waals surface area contributed by atoms with E-state index in [1.165, 1.54) is 0 Å². The monoisotopic (exact) mass is 221 g/mol. The summed E-state index contributed by atoms with van der Waals surface area (Å²) in [7, 11) is 0. The van der Waals surface area contributed by atoms with Gasteiger partial charge in [-0.25, -0.2) is 0 Å². The fraction of sp³-hybridized carbons (Fsp3) is 0.500. The molecule has 0 aliphatic heterocycles. The first kappa shape index (κ1) is 15.2. The molecule has 0 heterocycles. The summed E-state index contributed by atoms with van der Waals surface area (Å²) in [5.41, 5.74) is 5.15. The van der Waals surface area contributed by atoms with Gasteiger partial charge in [0.15, 0.2) is 0 Å². The zero-order chi connectivity index (χ0) is 10.4. The predicted molar refractivity (Wildman–Crippen MR) is 52.1 cm³/mol. The van der Waals surface area contributed by atoms with Crippen molar-refractivity contribution in [2.75, 3.05) is 0 Å². The second-order valence-electron chi connectivity index (χ2n) is 2.62. The van der Waals surface area contributed by atoms with Gasteiger partial charge in [0.05, 0.1) is 5.92 Å². The van der Waals surface area contributed by atoms with Crippen LogP contribution in [-0.4, -0.2) is 28.2 Å². The highest BCUT2D eigenvalue weighted by Crippen LogP contribution is 2.10. The van der Waals surface area contributed by atoms with Crippen LogP contribution in [0.5, 0.6) is 0 Å². The van der Waals surface area contributed by atoms with Crippen molar-refractivity contribution < 1.29 is 19.8 Å². The van der Waals surface area contributed by atoms with E-state index in [1.807, 2.05) is 0 Å². The van der Waals surface area contributed by atoms with Crippen LogP contribution in [0.2, 0.25) is 0 Å². The summed E-state index contributed by atoms with van der Waals surface area (Å²) in [6.45, 7) is 0. The van der Waals surface area contributed by atoms with Gasteiger partial charge in [0.25, 0.3) is 0 Å². The molecule has 80 valence electrons. The third-order valence-corrected chi connectivity index (χ3v) is 1.57. The average Bonchev–Trinajstić information content (AvgIpc) is 2.03. The SMILES string of the molecule is C#CCC(C[C@H](N)C(=O)O)C(=O)O.Cl. The van der Waals surface area contributed by atoms with Crippen LogP contribution in [0.4, 0.5) is 0 Å². The van der Waals surface area contributed by atoms with Gasteiger partial charge in [0, 0.05) is 6.42 Å². The van der Waals surface area contributed by atoms with Crippen molar-refractivity contribution in [3.8, 4) is 12.3 Å². The van der Waals surface area contributed by atoms with Crippen LogP contribution in [0.1, 0.15) is 12.8 Å². The molecule has 0 aromatic heterocycles. The van der Waals surface area contributed by atoms with Crippen molar-refractivity contribution >= 4 is 24.3 Å². The van der Waals surface area contributed by atoms with Gasteiger partial charge in [-0.15, -0.1) is 24.8 Å². The molecule has 0 radical (unpaired) electrons. The smallest absolute Gasteiger partial charge is 0.320 e. The molecule has 0 spiro atoms. The summed E-state index contributed by atoms with van der Waals surface area (Å²) in [5.74, 6) is -1.05. The highest BCUT2D eigenvalue weighted by atomic mass is 35.5. The molecule has 0 aromatic carbocycles. The van der Waals surface area contributed by atoms with Crippen LogP contribution in [0, 0.1) is 18.3 Å². The Morgan fingerprint density at radius 1 is 1.36 bits per heavy atom. The van der Waals surface area contributed by atoms with Crippen LogP contribution in [0.25, 0.3) is 0 Å². The molecule has 0 aliphatic carbocycles. The molecule has 0 aliphatic rings. The summed E-state index contributed by atoms with van der Waals surface area (Å²) in [6.07, 6.45) is 4.77. The van der Waals surface area contributed by atoms with E-state index in [4.69, 9.17) is 22.4 Å². The molecular weight excluding hydrogens is 210 g/mol. The van der Waals surface area contributed by atoms with Crippen LogP contribution >= 0.6 is 12.4 Å². The molecule has 6 heteroatoms. The molecular formula is C8H12ClNO4. The van der Waals surface area contributed by atoms with Crippen LogP contribution < -0.4 is 5.73 Å². The Kier molecular flexibility index (Phi) is 7.81. The maximum Gasteiger partial charge on any atom is 0.320 e. The van der Waals surface area contributed by atoms with Crippen LogP contribution in [-0.2, 0) is 9.59 Å². The summed E-state index contributed by atoms with van der Waals surface area (Å²) in [5, 5.41) is 17.0. The Morgan fingerprint density at radius 2 is 1.86 bits per heavy atom. The highest BCUT2D eigenvalue weighted by molar-refractivity contribution is 5.85. The molecule has 0 saturated carbocycles. The normalized spacial score (nSPS) is 13.1. The number of rotatable bonds is 5. The van der Waals surface area contributed by atoms with Gasteiger partial charge in [0.1, 0.15) is 6.04 Å². The molecule has 4 N–H and O–H groups in total. The second-order valence-corrected chi connectivity index (χ2v) is 2.62. The minimum absolute atomic E-state index is 0. The lowest BCUT2D eigenvalue weighted by Crippen LogP contribution is -2.34. The number of aliphatic carboxylic acids is 2. The number of hydrogen-bond donors (Lipinski definition) is 3. The van der Waals surface area contributed by atoms with E-state index < -0.39 is 23.9 Å². The second kappa shape index (κ2) is 7.18. The Hall–Kier alpha value is -1.25. The van der Waals surface area contributed by atoms with Gasteiger partial charge in [-0.1, -0.05) is 0 Å². The van der Waals surface area contributed by atoms with E-state index >= 15 is 0 Å². The minimum atomic E-state index is -1.22. The van der Waals surface area contributed by atoms with E-state index in [9.17, 15) is 9.59 Å². The van der Waals surface area contributed by atoms with E-state index in [0.29, 0.717) is 0 Å². The number of carboxylic acid groups (broad SMARTS) is 2. The average molecular weight is 222 g/mol. The summed E-state index contributed by atoms with van der Waals surface area (Å²) < 4.78 is 0. The first-order valence-electron chi connectivity index (χ1n) is 3.63. The van der Waals surface area contributed by atoms with Crippen molar-refractivity contribution in [2.24, 2.45) is 11.7 Å². The number of halogens is 1. The molecule has 0 saturated heterocycles. The number of carboxylic acids is 2. The summed E-state index contributed by atoms with van der Waals surface area (Å²) >= 11 is 0. The van der Waals surface area contributed by atoms with Crippen LogP contribution in [0.15, 0.2) is 0 Å². The first-order chi connectivity index (χ1) is 5.99. The number of terminal acetylenes is 1. The standard InChI is InChI=1S/C8H11NO4.ClH/c1-2-3-5(7(10)11)4-6(9)8(12)13;/h1,5-6H,3-4,9H2,(H,10,11)(H,12,13);1H/t5?,6-;/m0./s1. The molecule has 2 atom stereocenters. The number of carbonyl (C=O) groups is 2. The van der Waals surface area contributed by atoms with Crippen molar-refractivity contribution in [1.29, 1.82) is 0 Å². The number of nitrogens with two attached hydrogens (primary N) is 1. The van der Waals surface area contributed by atoms with Gasteiger partial charge in [-0.2, -0.15) is 0 Å². The van der Waals surface area contributed by atoms with Gasteiger partial charge in [-0.3, -0.25) is 9.59 Å². The largest absolute Gasteiger partial charge is 0.481 e. The third-order valence-electron chi connectivity index (χ3n) is 1.57. The Morgan fingerprint density at radius 3 is 2.14 bits per heavy atom. The van der Waals surface area contributed by atoms with E-state index in [2.05, 4.69) is 5.92 Å². The molecule has 0 fully saturated rings. The minimum Gasteiger partial charge on any atom is -0.481 e. The van der Waals surface area contributed by atoms with E-state index in [-0.39, 0.29) is 25.2 Å². The van der Waals surface area contributed by atoms with Gasteiger partial charge in [0.2, 0.25) is 0 Å². The zero-order valence-corrected chi connectivity index (χ0v) is 8.16. The topological polar surface area (TPSA) is 101 Å². The maximum atomic E-state index is 10.5. The quantitative estimate of drug-likeness (QED) is 0.565. The summed E-state index contributed by atoms with van der Waals surface area (Å²) in [6, 6.07) is -1.17. The van der Waals surface area contributed by atoms with Crippen molar-refractivity contribution in [3.63, 3.8) is 0 Å². The van der Waals surface area contributed by atoms with Crippen molar-refractivity contribution in [2.45, 2.75) is 18.9 Å². The summed E-state index contributed by atoms with van der Waals surface area (Å²) in [4.78, 5) is 20.8. The zero-order valence-electron chi connectivity index (χ0n) is 7.34. The van der Waals surface area contributed by atoms with E-state index in [1.54, 1.807) is 0 Å². The van der Waals surface area contributed by atoms with Gasteiger partial charge in [-0.05, 0) is 6.42 Å². The molecule has 5 nitrogen and oxygen atoms in total. The lowest BCUT2D eigenvalue weighted by molar-refractivity contribution is -0.143. The van der Waals surface area contributed by atoms with Gasteiger partial charge < -0.3 is 15.9 Å². The van der Waals surface area contributed by atoms with E-state index in [0.717, 1.165) is 0 Å². The molecule has 14 heavy (non-hydrogen) atoms. The van der Waals surface area contributed by atoms with Crippen molar-refractivity contribution in [3.05, 3.63) is 0 Å². The molecule has 0 bridgehead atoms. The third kappa shape index (κ3) is 5.41. The maximum absolute atomic E-state index is 10.5. The molecule has 0 rings (SSSR count). The lowest BCUT2D eigenvalue weighted by atomic mass is 9.97. The van der Waals surface area contributed by atoms with Gasteiger partial charge >= 0.3 is 11.9 Å².